The topological polar surface area (TPSA) is 55.1 Å². The molecule has 0 aliphatic rings. The smallest absolute Gasteiger partial charge is 0.223 e. The maximum atomic E-state index is 11.5. The van der Waals surface area contributed by atoms with Crippen molar-refractivity contribution in [2.24, 2.45) is 17.6 Å². The van der Waals surface area contributed by atoms with Crippen LogP contribution >= 0.6 is 0 Å². The lowest BCUT2D eigenvalue weighted by molar-refractivity contribution is -0.126. The van der Waals surface area contributed by atoms with Crippen molar-refractivity contribution in [3.8, 4) is 0 Å². The molecule has 0 aromatic rings. The Hall–Kier alpha value is -0.570. The third-order valence-corrected chi connectivity index (χ3v) is 2.63. The maximum Gasteiger partial charge on any atom is 0.223 e. The van der Waals surface area contributed by atoms with E-state index in [0.29, 0.717) is 12.5 Å². The van der Waals surface area contributed by atoms with Crippen LogP contribution < -0.4 is 11.1 Å². The van der Waals surface area contributed by atoms with Crippen LogP contribution in [0.3, 0.4) is 0 Å². The number of nitrogens with two attached hydrogens (primary N) is 1. The molecule has 0 fully saturated rings. The molecule has 3 N–H and O–H groups in total. The first-order valence-electron chi connectivity index (χ1n) is 5.09. The molecule has 0 aliphatic carbocycles. The predicted octanol–water partition coefficient (Wildman–Crippen LogP) is 1.13. The van der Waals surface area contributed by atoms with Gasteiger partial charge in [0.15, 0.2) is 0 Å². The van der Waals surface area contributed by atoms with Crippen LogP contribution in [0.1, 0.15) is 33.1 Å². The Morgan fingerprint density at radius 2 is 2.15 bits per heavy atom. The molecule has 0 spiro atoms. The lowest BCUT2D eigenvalue weighted by Crippen LogP contribution is -2.32. The Balaban J connectivity index is 4.09. The van der Waals surface area contributed by atoms with Crippen LogP contribution in [0.5, 0.6) is 0 Å². The van der Waals surface area contributed by atoms with Crippen molar-refractivity contribution in [2.45, 2.75) is 33.1 Å². The maximum absolute atomic E-state index is 11.5. The van der Waals surface area contributed by atoms with Gasteiger partial charge in [0.2, 0.25) is 5.91 Å². The van der Waals surface area contributed by atoms with E-state index in [0.717, 1.165) is 19.3 Å². The van der Waals surface area contributed by atoms with E-state index in [-0.39, 0.29) is 11.8 Å². The van der Waals surface area contributed by atoms with Crippen LogP contribution in [-0.2, 0) is 4.79 Å². The van der Waals surface area contributed by atoms with Crippen molar-refractivity contribution in [3.05, 3.63) is 0 Å². The zero-order valence-corrected chi connectivity index (χ0v) is 8.97. The van der Waals surface area contributed by atoms with E-state index in [1.54, 1.807) is 7.05 Å². The first kappa shape index (κ1) is 12.4. The van der Waals surface area contributed by atoms with Crippen LogP contribution in [0, 0.1) is 11.8 Å². The average Bonchev–Trinajstić information content (AvgIpc) is 2.17. The van der Waals surface area contributed by atoms with Gasteiger partial charge in [0.1, 0.15) is 0 Å². The minimum absolute atomic E-state index is 0.138. The van der Waals surface area contributed by atoms with Gasteiger partial charge in [0.25, 0.3) is 0 Å². The summed E-state index contributed by atoms with van der Waals surface area (Å²) >= 11 is 0. The molecule has 1 amide bonds. The summed E-state index contributed by atoms with van der Waals surface area (Å²) in [5.74, 6) is 0.743. The molecular formula is C10H22N2O. The lowest BCUT2D eigenvalue weighted by Gasteiger charge is -2.20. The molecule has 0 aromatic heterocycles. The van der Waals surface area contributed by atoms with Gasteiger partial charge in [0, 0.05) is 13.0 Å². The molecule has 2 atom stereocenters. The van der Waals surface area contributed by atoms with E-state index in [1.165, 1.54) is 0 Å². The summed E-state index contributed by atoms with van der Waals surface area (Å²) in [6.45, 7) is 4.91. The molecule has 78 valence electrons. The highest BCUT2D eigenvalue weighted by atomic mass is 16.1. The highest BCUT2D eigenvalue weighted by molar-refractivity contribution is 5.78. The molecule has 3 heteroatoms. The zero-order valence-electron chi connectivity index (χ0n) is 8.97. The fourth-order valence-corrected chi connectivity index (χ4v) is 1.48. The fourth-order valence-electron chi connectivity index (χ4n) is 1.48. The van der Waals surface area contributed by atoms with E-state index >= 15 is 0 Å². The molecular weight excluding hydrogens is 164 g/mol. The van der Waals surface area contributed by atoms with Gasteiger partial charge in [-0.3, -0.25) is 4.79 Å². The number of carbonyl (C=O) groups is 1. The van der Waals surface area contributed by atoms with E-state index < -0.39 is 0 Å². The quantitative estimate of drug-likeness (QED) is 0.653. The van der Waals surface area contributed by atoms with Gasteiger partial charge in [-0.2, -0.15) is 0 Å². The highest BCUT2D eigenvalue weighted by Gasteiger charge is 2.21. The first-order chi connectivity index (χ1) is 6.17. The molecule has 0 saturated heterocycles. The molecule has 0 bridgehead atoms. The Morgan fingerprint density at radius 3 is 2.54 bits per heavy atom. The van der Waals surface area contributed by atoms with Crippen molar-refractivity contribution in [2.75, 3.05) is 13.6 Å². The van der Waals surface area contributed by atoms with Crippen LogP contribution in [-0.4, -0.2) is 19.5 Å². The van der Waals surface area contributed by atoms with Crippen LogP contribution in [0.4, 0.5) is 0 Å². The van der Waals surface area contributed by atoms with Gasteiger partial charge in [-0.15, -0.1) is 0 Å². The highest BCUT2D eigenvalue weighted by Crippen LogP contribution is 2.20. The van der Waals surface area contributed by atoms with Crippen LogP contribution in [0.2, 0.25) is 0 Å². The number of nitrogens with one attached hydrogen (secondary N) is 1. The van der Waals surface area contributed by atoms with E-state index in [9.17, 15) is 4.79 Å². The Kier molecular flexibility index (Phi) is 6.59. The van der Waals surface area contributed by atoms with Crippen LogP contribution in [0.15, 0.2) is 0 Å². The summed E-state index contributed by atoms with van der Waals surface area (Å²) in [5, 5.41) is 2.71. The summed E-state index contributed by atoms with van der Waals surface area (Å²) in [6.07, 6.45) is 2.89. The number of rotatable bonds is 6. The van der Waals surface area contributed by atoms with Crippen molar-refractivity contribution < 1.29 is 4.79 Å². The molecule has 13 heavy (non-hydrogen) atoms. The molecule has 0 aliphatic heterocycles. The summed E-state index contributed by atoms with van der Waals surface area (Å²) in [7, 11) is 1.69. The van der Waals surface area contributed by atoms with Gasteiger partial charge >= 0.3 is 0 Å². The molecule has 0 rings (SSSR count). The average molecular weight is 186 g/mol. The van der Waals surface area contributed by atoms with E-state index in [1.807, 2.05) is 0 Å². The SMILES string of the molecule is CCC(C)[C@@H](CCCN)C(=O)NC. The largest absolute Gasteiger partial charge is 0.359 e. The molecule has 0 heterocycles. The van der Waals surface area contributed by atoms with Crippen molar-refractivity contribution in [1.82, 2.24) is 5.32 Å². The fraction of sp³-hybridized carbons (Fsp3) is 0.900. The minimum Gasteiger partial charge on any atom is -0.359 e. The van der Waals surface area contributed by atoms with E-state index in [4.69, 9.17) is 5.73 Å². The van der Waals surface area contributed by atoms with Gasteiger partial charge in [-0.25, -0.2) is 0 Å². The molecule has 1 unspecified atom stereocenters. The number of hydrogen-bond acceptors (Lipinski definition) is 2. The number of carbonyl (C=O) groups excluding carboxylic acids is 1. The zero-order chi connectivity index (χ0) is 10.3. The summed E-state index contributed by atoms with van der Waals surface area (Å²) < 4.78 is 0. The normalized spacial score (nSPS) is 15.1. The predicted molar refractivity (Wildman–Crippen MR) is 55.3 cm³/mol. The second-order valence-electron chi connectivity index (χ2n) is 3.54. The van der Waals surface area contributed by atoms with Crippen molar-refractivity contribution in [1.29, 1.82) is 0 Å². The van der Waals surface area contributed by atoms with Crippen molar-refractivity contribution >= 4 is 5.91 Å². The monoisotopic (exact) mass is 186 g/mol. The third kappa shape index (κ3) is 4.27. The molecule has 3 nitrogen and oxygen atoms in total. The Morgan fingerprint density at radius 1 is 1.54 bits per heavy atom. The number of amides is 1. The first-order valence-corrected chi connectivity index (χ1v) is 5.09. The second kappa shape index (κ2) is 6.89. The van der Waals surface area contributed by atoms with Gasteiger partial charge in [-0.05, 0) is 25.3 Å². The standard InChI is InChI=1S/C10H22N2O/c1-4-8(2)9(6-5-7-11)10(13)12-3/h8-9H,4-7,11H2,1-3H3,(H,12,13)/t8?,9-/m1/s1. The van der Waals surface area contributed by atoms with Gasteiger partial charge in [-0.1, -0.05) is 20.3 Å². The van der Waals surface area contributed by atoms with Gasteiger partial charge in [0.05, 0.1) is 0 Å². The van der Waals surface area contributed by atoms with Crippen molar-refractivity contribution in [3.63, 3.8) is 0 Å². The molecule has 0 saturated carbocycles. The third-order valence-electron chi connectivity index (χ3n) is 2.63. The Labute approximate surface area is 81.1 Å². The Bertz CT molecular complexity index is 148. The summed E-state index contributed by atoms with van der Waals surface area (Å²) in [4.78, 5) is 11.5. The second-order valence-corrected chi connectivity index (χ2v) is 3.54. The molecule has 0 radical (unpaired) electrons. The van der Waals surface area contributed by atoms with Crippen LogP contribution in [0.25, 0.3) is 0 Å². The summed E-state index contributed by atoms with van der Waals surface area (Å²) in [6, 6.07) is 0. The minimum atomic E-state index is 0.138. The summed E-state index contributed by atoms with van der Waals surface area (Å²) in [5.41, 5.74) is 5.43. The van der Waals surface area contributed by atoms with E-state index in [2.05, 4.69) is 19.2 Å². The lowest BCUT2D eigenvalue weighted by atomic mass is 9.87. The van der Waals surface area contributed by atoms with Gasteiger partial charge < -0.3 is 11.1 Å². The molecule has 0 aromatic carbocycles. The number of hydrogen-bond donors (Lipinski definition) is 2.